The average Bonchev–Trinajstić information content (AvgIpc) is 2.72. The number of carbonyl (C=O) groups is 1. The molecule has 1 unspecified atom stereocenters. The lowest BCUT2D eigenvalue weighted by Crippen LogP contribution is -2.45. The van der Waals surface area contributed by atoms with Crippen LogP contribution in [0.4, 0.5) is 4.79 Å². The van der Waals surface area contributed by atoms with E-state index >= 15 is 0 Å². The quantitative estimate of drug-likeness (QED) is 0.830. The number of piperidine rings is 2. The van der Waals surface area contributed by atoms with Gasteiger partial charge in [0.2, 0.25) is 5.88 Å². The Morgan fingerprint density at radius 3 is 2.70 bits per heavy atom. The van der Waals surface area contributed by atoms with Crippen molar-refractivity contribution in [1.29, 1.82) is 0 Å². The van der Waals surface area contributed by atoms with Gasteiger partial charge in [0, 0.05) is 37.9 Å². The number of hydrogen-bond donors (Lipinski definition) is 1. The van der Waals surface area contributed by atoms with Gasteiger partial charge in [-0.1, -0.05) is 12.5 Å². The number of nitrogens with zero attached hydrogens (tertiary/aromatic N) is 3. The maximum atomic E-state index is 12.4. The number of nitrogens with one attached hydrogen (secondary N) is 1. The lowest BCUT2D eigenvalue weighted by molar-refractivity contribution is 0.132. The fourth-order valence-electron chi connectivity index (χ4n) is 4.19. The first-order valence-electron chi connectivity index (χ1n) is 10.4. The molecule has 2 aliphatic rings. The Labute approximate surface area is 163 Å². The van der Waals surface area contributed by atoms with Gasteiger partial charge in [0.15, 0.2) is 0 Å². The molecule has 0 radical (unpaired) electrons. The second kappa shape index (κ2) is 9.93. The van der Waals surface area contributed by atoms with Crippen LogP contribution in [-0.2, 0) is 6.54 Å². The molecule has 0 aromatic carbocycles. The molecule has 1 N–H and O–H groups in total. The van der Waals surface area contributed by atoms with Gasteiger partial charge in [-0.05, 0) is 63.6 Å². The SMILES string of the molecule is COc1ccc(CNC(=O)N2CCC(CCN3CCCCC3C)CC2)cn1. The van der Waals surface area contributed by atoms with Crippen LogP contribution in [0.15, 0.2) is 18.3 Å². The highest BCUT2D eigenvalue weighted by Gasteiger charge is 2.24. The van der Waals surface area contributed by atoms with Gasteiger partial charge in [-0.2, -0.15) is 0 Å². The van der Waals surface area contributed by atoms with Crippen molar-refractivity contribution in [2.75, 3.05) is 33.3 Å². The Morgan fingerprint density at radius 2 is 2.04 bits per heavy atom. The highest BCUT2D eigenvalue weighted by atomic mass is 16.5. The van der Waals surface area contributed by atoms with E-state index in [1.165, 1.54) is 38.8 Å². The molecule has 0 saturated carbocycles. The number of carbonyl (C=O) groups excluding carboxylic acids is 1. The van der Waals surface area contributed by atoms with Crippen LogP contribution in [0.2, 0.25) is 0 Å². The van der Waals surface area contributed by atoms with E-state index < -0.39 is 0 Å². The molecule has 2 fully saturated rings. The Bertz CT molecular complexity index is 584. The highest BCUT2D eigenvalue weighted by Crippen LogP contribution is 2.23. The van der Waals surface area contributed by atoms with Crippen LogP contribution in [0.25, 0.3) is 0 Å². The monoisotopic (exact) mass is 374 g/mol. The number of methoxy groups -OCH3 is 1. The minimum absolute atomic E-state index is 0.0360. The molecule has 3 rings (SSSR count). The van der Waals surface area contributed by atoms with Crippen molar-refractivity contribution >= 4 is 6.03 Å². The molecule has 0 bridgehead atoms. The van der Waals surface area contributed by atoms with Crippen molar-refractivity contribution in [2.24, 2.45) is 5.92 Å². The second-order valence-electron chi connectivity index (χ2n) is 7.97. The second-order valence-corrected chi connectivity index (χ2v) is 7.97. The molecular weight excluding hydrogens is 340 g/mol. The number of pyridine rings is 1. The summed E-state index contributed by atoms with van der Waals surface area (Å²) in [5.41, 5.74) is 0.981. The third-order valence-corrected chi connectivity index (χ3v) is 6.12. The van der Waals surface area contributed by atoms with Gasteiger partial charge in [0.05, 0.1) is 7.11 Å². The summed E-state index contributed by atoms with van der Waals surface area (Å²) in [7, 11) is 1.60. The van der Waals surface area contributed by atoms with Crippen LogP contribution in [0.3, 0.4) is 0 Å². The number of hydrogen-bond acceptors (Lipinski definition) is 4. The number of urea groups is 1. The van der Waals surface area contributed by atoms with Gasteiger partial charge in [0.1, 0.15) is 0 Å². The van der Waals surface area contributed by atoms with E-state index in [0.717, 1.165) is 43.5 Å². The first-order chi connectivity index (χ1) is 13.2. The molecule has 3 heterocycles. The molecule has 6 nitrogen and oxygen atoms in total. The van der Waals surface area contributed by atoms with E-state index in [9.17, 15) is 4.79 Å². The predicted molar refractivity (Wildman–Crippen MR) is 107 cm³/mol. The van der Waals surface area contributed by atoms with E-state index in [1.807, 2.05) is 17.0 Å². The molecule has 27 heavy (non-hydrogen) atoms. The summed E-state index contributed by atoms with van der Waals surface area (Å²) in [4.78, 5) is 21.2. The maximum Gasteiger partial charge on any atom is 0.317 e. The van der Waals surface area contributed by atoms with Gasteiger partial charge in [-0.25, -0.2) is 9.78 Å². The molecule has 1 atom stereocenters. The third-order valence-electron chi connectivity index (χ3n) is 6.12. The normalized spacial score (nSPS) is 21.9. The van der Waals surface area contributed by atoms with Gasteiger partial charge in [-0.3, -0.25) is 0 Å². The van der Waals surface area contributed by atoms with Crippen molar-refractivity contribution in [3.05, 3.63) is 23.9 Å². The van der Waals surface area contributed by atoms with Gasteiger partial charge in [0.25, 0.3) is 0 Å². The zero-order chi connectivity index (χ0) is 19.1. The summed E-state index contributed by atoms with van der Waals surface area (Å²) in [5, 5.41) is 3.01. The Balaban J connectivity index is 1.34. The molecule has 1 aromatic rings. The summed E-state index contributed by atoms with van der Waals surface area (Å²) in [5.74, 6) is 1.35. The van der Waals surface area contributed by atoms with Crippen LogP contribution >= 0.6 is 0 Å². The molecule has 2 aliphatic heterocycles. The smallest absolute Gasteiger partial charge is 0.317 e. The van der Waals surface area contributed by atoms with Gasteiger partial charge < -0.3 is 19.9 Å². The zero-order valence-electron chi connectivity index (χ0n) is 16.8. The largest absolute Gasteiger partial charge is 0.481 e. The zero-order valence-corrected chi connectivity index (χ0v) is 16.8. The number of rotatable bonds is 6. The number of likely N-dealkylation sites (tertiary alicyclic amines) is 2. The molecular formula is C21H34N4O2. The van der Waals surface area contributed by atoms with E-state index in [2.05, 4.69) is 22.1 Å². The van der Waals surface area contributed by atoms with Crippen LogP contribution in [0.1, 0.15) is 51.0 Å². The summed E-state index contributed by atoms with van der Waals surface area (Å²) >= 11 is 0. The Hall–Kier alpha value is -1.82. The van der Waals surface area contributed by atoms with Gasteiger partial charge in [-0.15, -0.1) is 0 Å². The van der Waals surface area contributed by atoms with Crippen LogP contribution < -0.4 is 10.1 Å². The minimum Gasteiger partial charge on any atom is -0.481 e. The Kier molecular flexibility index (Phi) is 7.33. The lowest BCUT2D eigenvalue weighted by Gasteiger charge is -2.36. The van der Waals surface area contributed by atoms with Crippen molar-refractivity contribution < 1.29 is 9.53 Å². The molecule has 0 aliphatic carbocycles. The molecule has 6 heteroatoms. The van der Waals surface area contributed by atoms with E-state index in [1.54, 1.807) is 13.3 Å². The van der Waals surface area contributed by atoms with Crippen LogP contribution in [-0.4, -0.2) is 60.1 Å². The average molecular weight is 375 g/mol. The molecule has 2 amide bonds. The summed E-state index contributed by atoms with van der Waals surface area (Å²) in [6, 6.07) is 4.53. The first kappa shape index (κ1) is 19.9. The summed E-state index contributed by atoms with van der Waals surface area (Å²) in [6.07, 6.45) is 9.36. The predicted octanol–water partition coefficient (Wildman–Crippen LogP) is 3.28. The summed E-state index contributed by atoms with van der Waals surface area (Å²) < 4.78 is 5.05. The molecule has 150 valence electrons. The van der Waals surface area contributed by atoms with Crippen LogP contribution in [0, 0.1) is 5.92 Å². The Morgan fingerprint density at radius 1 is 1.22 bits per heavy atom. The fourth-order valence-corrected chi connectivity index (χ4v) is 4.19. The fraction of sp³-hybridized carbons (Fsp3) is 0.714. The van der Waals surface area contributed by atoms with E-state index in [0.29, 0.717) is 12.4 Å². The minimum atomic E-state index is 0.0360. The van der Waals surface area contributed by atoms with Gasteiger partial charge >= 0.3 is 6.03 Å². The number of ether oxygens (including phenoxy) is 1. The van der Waals surface area contributed by atoms with Crippen molar-refractivity contribution in [1.82, 2.24) is 20.1 Å². The maximum absolute atomic E-state index is 12.4. The molecule has 0 spiro atoms. The standard InChI is InChI=1S/C21H34N4O2/c1-17-5-3-4-11-24(17)12-8-18-9-13-25(14-10-18)21(26)23-16-19-6-7-20(27-2)22-15-19/h6-7,15,17-18H,3-5,8-14,16H2,1-2H3,(H,23,26). The molecule has 1 aromatic heterocycles. The topological polar surface area (TPSA) is 57.7 Å². The van der Waals surface area contributed by atoms with Crippen molar-refractivity contribution in [3.63, 3.8) is 0 Å². The highest BCUT2D eigenvalue weighted by molar-refractivity contribution is 5.74. The third kappa shape index (κ3) is 5.83. The van der Waals surface area contributed by atoms with E-state index in [-0.39, 0.29) is 6.03 Å². The summed E-state index contributed by atoms with van der Waals surface area (Å²) in [6.45, 7) is 7.10. The number of amides is 2. The molecule has 2 saturated heterocycles. The first-order valence-corrected chi connectivity index (χ1v) is 10.4. The number of aromatic nitrogens is 1. The lowest BCUT2D eigenvalue weighted by atomic mass is 9.92. The van der Waals surface area contributed by atoms with E-state index in [4.69, 9.17) is 4.74 Å². The van der Waals surface area contributed by atoms with Crippen molar-refractivity contribution in [2.45, 2.75) is 58.0 Å². The van der Waals surface area contributed by atoms with Crippen molar-refractivity contribution in [3.8, 4) is 5.88 Å². The van der Waals surface area contributed by atoms with Crippen LogP contribution in [0.5, 0.6) is 5.88 Å².